The minimum Gasteiger partial charge on any atom is -0.508 e. The predicted molar refractivity (Wildman–Crippen MR) is 66.4 cm³/mol. The molecule has 0 saturated heterocycles. The monoisotopic (exact) mass is 222 g/mol. The third-order valence-corrected chi connectivity index (χ3v) is 3.02. The fraction of sp³-hybridized carbons (Fsp3) is 0.571. The number of rotatable bonds is 5. The van der Waals surface area contributed by atoms with Gasteiger partial charge in [0.25, 0.3) is 0 Å². The molecule has 0 aliphatic heterocycles. The highest BCUT2D eigenvalue weighted by Crippen LogP contribution is 2.30. The predicted octanol–water partition coefficient (Wildman–Crippen LogP) is 3.43. The van der Waals surface area contributed by atoms with Gasteiger partial charge < -0.3 is 10.2 Å². The number of aromatic hydroxyl groups is 1. The van der Waals surface area contributed by atoms with Crippen LogP contribution in [0.25, 0.3) is 0 Å². The lowest BCUT2D eigenvalue weighted by Gasteiger charge is -2.27. The fourth-order valence-corrected chi connectivity index (χ4v) is 2.21. The molecule has 1 aromatic rings. The fourth-order valence-electron chi connectivity index (χ4n) is 2.21. The molecular formula is C14H22O2. The molecule has 2 nitrogen and oxygen atoms in total. The molecule has 0 aliphatic rings. The summed E-state index contributed by atoms with van der Waals surface area (Å²) >= 11 is 0. The number of hydrogen-bond acceptors (Lipinski definition) is 2. The second kappa shape index (κ2) is 5.35. The summed E-state index contributed by atoms with van der Waals surface area (Å²) in [5.41, 5.74) is 0.0655. The summed E-state index contributed by atoms with van der Waals surface area (Å²) in [7, 11) is 0. The van der Waals surface area contributed by atoms with Gasteiger partial charge in [0.15, 0.2) is 0 Å². The van der Waals surface area contributed by atoms with Crippen LogP contribution in [0.15, 0.2) is 24.3 Å². The van der Waals surface area contributed by atoms with Crippen molar-refractivity contribution in [2.45, 2.75) is 45.6 Å². The number of aliphatic hydroxyl groups is 1. The number of phenols is 1. The van der Waals surface area contributed by atoms with Gasteiger partial charge in [-0.3, -0.25) is 0 Å². The Morgan fingerprint density at radius 3 is 2.31 bits per heavy atom. The Morgan fingerprint density at radius 1 is 1.25 bits per heavy atom. The van der Waals surface area contributed by atoms with Gasteiger partial charge in [-0.1, -0.05) is 38.8 Å². The first-order valence-corrected chi connectivity index (χ1v) is 5.97. The average Bonchev–Trinajstić information content (AvgIpc) is 2.17. The van der Waals surface area contributed by atoms with Crippen molar-refractivity contribution < 1.29 is 10.2 Å². The molecule has 2 unspecified atom stereocenters. The summed E-state index contributed by atoms with van der Waals surface area (Å²) in [6.45, 7) is 6.16. The van der Waals surface area contributed by atoms with Crippen molar-refractivity contribution in [3.8, 4) is 5.75 Å². The van der Waals surface area contributed by atoms with Crippen LogP contribution < -0.4 is 0 Å². The minimum atomic E-state index is -0.803. The Morgan fingerprint density at radius 2 is 1.81 bits per heavy atom. The molecule has 1 rings (SSSR count). The number of hydrogen-bond donors (Lipinski definition) is 2. The van der Waals surface area contributed by atoms with Crippen LogP contribution in [-0.4, -0.2) is 10.2 Å². The molecule has 0 aromatic heterocycles. The van der Waals surface area contributed by atoms with E-state index in [4.69, 9.17) is 0 Å². The maximum absolute atomic E-state index is 10.4. The van der Waals surface area contributed by atoms with Gasteiger partial charge in [-0.15, -0.1) is 0 Å². The van der Waals surface area contributed by atoms with Crippen molar-refractivity contribution in [2.24, 2.45) is 5.92 Å². The van der Waals surface area contributed by atoms with E-state index in [2.05, 4.69) is 13.8 Å². The standard InChI is InChI=1S/C14H22O2/c1-4-5-11(2)10-14(3,16)12-6-8-13(15)9-7-12/h6-9,11,15-16H,4-5,10H2,1-3H3. The molecule has 0 aliphatic carbocycles. The van der Waals surface area contributed by atoms with E-state index in [1.54, 1.807) is 24.3 Å². The van der Waals surface area contributed by atoms with Crippen LogP contribution in [0.4, 0.5) is 0 Å². The first-order valence-electron chi connectivity index (χ1n) is 5.97. The zero-order valence-electron chi connectivity index (χ0n) is 10.4. The SMILES string of the molecule is CCCC(C)CC(C)(O)c1ccc(O)cc1. The molecule has 16 heavy (non-hydrogen) atoms. The summed E-state index contributed by atoms with van der Waals surface area (Å²) in [6.07, 6.45) is 3.03. The quantitative estimate of drug-likeness (QED) is 0.801. The third-order valence-electron chi connectivity index (χ3n) is 3.02. The van der Waals surface area contributed by atoms with Crippen LogP contribution in [0.3, 0.4) is 0 Å². The molecule has 0 spiro atoms. The van der Waals surface area contributed by atoms with Crippen LogP contribution in [0.5, 0.6) is 5.75 Å². The van der Waals surface area contributed by atoms with Gasteiger partial charge in [-0.25, -0.2) is 0 Å². The van der Waals surface area contributed by atoms with Gasteiger partial charge >= 0.3 is 0 Å². The van der Waals surface area contributed by atoms with E-state index in [1.807, 2.05) is 6.92 Å². The second-order valence-corrected chi connectivity index (χ2v) is 4.92. The summed E-state index contributed by atoms with van der Waals surface area (Å²) in [6, 6.07) is 6.81. The molecule has 0 bridgehead atoms. The summed E-state index contributed by atoms with van der Waals surface area (Å²) in [4.78, 5) is 0. The second-order valence-electron chi connectivity index (χ2n) is 4.92. The molecule has 2 heteroatoms. The first-order chi connectivity index (χ1) is 7.45. The normalized spacial score (nSPS) is 16.8. The zero-order valence-corrected chi connectivity index (χ0v) is 10.4. The summed E-state index contributed by atoms with van der Waals surface area (Å²) in [5, 5.41) is 19.6. The molecule has 1 aromatic carbocycles. The van der Waals surface area contributed by atoms with Crippen LogP contribution in [0.2, 0.25) is 0 Å². The van der Waals surface area contributed by atoms with E-state index in [0.717, 1.165) is 24.8 Å². The molecule has 0 amide bonds. The Hall–Kier alpha value is -1.02. The van der Waals surface area contributed by atoms with Gasteiger partial charge in [0.2, 0.25) is 0 Å². The Labute approximate surface area is 97.9 Å². The highest BCUT2D eigenvalue weighted by molar-refractivity contribution is 5.29. The molecular weight excluding hydrogens is 200 g/mol. The van der Waals surface area contributed by atoms with E-state index in [9.17, 15) is 10.2 Å². The highest BCUT2D eigenvalue weighted by atomic mass is 16.3. The van der Waals surface area contributed by atoms with Crippen LogP contribution >= 0.6 is 0 Å². The Kier molecular flexibility index (Phi) is 4.36. The third kappa shape index (κ3) is 3.53. The molecule has 0 radical (unpaired) electrons. The van der Waals surface area contributed by atoms with E-state index >= 15 is 0 Å². The first kappa shape index (κ1) is 13.0. The van der Waals surface area contributed by atoms with E-state index in [1.165, 1.54) is 0 Å². The topological polar surface area (TPSA) is 40.5 Å². The molecule has 0 saturated carbocycles. The average molecular weight is 222 g/mol. The van der Waals surface area contributed by atoms with Crippen LogP contribution in [-0.2, 0) is 5.60 Å². The summed E-state index contributed by atoms with van der Waals surface area (Å²) < 4.78 is 0. The lowest BCUT2D eigenvalue weighted by atomic mass is 9.85. The largest absolute Gasteiger partial charge is 0.508 e. The number of phenolic OH excluding ortho intramolecular Hbond substituents is 1. The lowest BCUT2D eigenvalue weighted by molar-refractivity contribution is 0.0311. The Balaban J connectivity index is 2.72. The van der Waals surface area contributed by atoms with Crippen molar-refractivity contribution in [1.29, 1.82) is 0 Å². The van der Waals surface area contributed by atoms with E-state index in [0.29, 0.717) is 5.92 Å². The van der Waals surface area contributed by atoms with Crippen molar-refractivity contribution in [3.05, 3.63) is 29.8 Å². The van der Waals surface area contributed by atoms with Crippen molar-refractivity contribution in [2.75, 3.05) is 0 Å². The van der Waals surface area contributed by atoms with Crippen molar-refractivity contribution in [1.82, 2.24) is 0 Å². The molecule has 90 valence electrons. The van der Waals surface area contributed by atoms with Gasteiger partial charge in [0.05, 0.1) is 5.60 Å². The molecule has 0 heterocycles. The highest BCUT2D eigenvalue weighted by Gasteiger charge is 2.25. The number of benzene rings is 1. The van der Waals surface area contributed by atoms with Gasteiger partial charge in [-0.05, 0) is 37.0 Å². The van der Waals surface area contributed by atoms with E-state index in [-0.39, 0.29) is 5.75 Å². The minimum absolute atomic E-state index is 0.237. The van der Waals surface area contributed by atoms with Gasteiger partial charge in [-0.2, -0.15) is 0 Å². The van der Waals surface area contributed by atoms with Crippen LogP contribution in [0.1, 0.15) is 45.6 Å². The van der Waals surface area contributed by atoms with Crippen molar-refractivity contribution >= 4 is 0 Å². The smallest absolute Gasteiger partial charge is 0.115 e. The van der Waals surface area contributed by atoms with Crippen LogP contribution in [0, 0.1) is 5.92 Å². The molecule has 0 fully saturated rings. The van der Waals surface area contributed by atoms with E-state index < -0.39 is 5.60 Å². The van der Waals surface area contributed by atoms with Gasteiger partial charge in [0, 0.05) is 0 Å². The summed E-state index contributed by atoms with van der Waals surface area (Å²) in [5.74, 6) is 0.745. The van der Waals surface area contributed by atoms with Crippen molar-refractivity contribution in [3.63, 3.8) is 0 Å². The maximum atomic E-state index is 10.4. The lowest BCUT2D eigenvalue weighted by Crippen LogP contribution is -2.24. The van der Waals surface area contributed by atoms with Gasteiger partial charge in [0.1, 0.15) is 5.75 Å². The molecule has 2 atom stereocenters. The zero-order chi connectivity index (χ0) is 12.2. The maximum Gasteiger partial charge on any atom is 0.115 e. The molecule has 2 N–H and O–H groups in total. The Bertz CT molecular complexity index is 314.